The summed E-state index contributed by atoms with van der Waals surface area (Å²) in [5, 5.41) is 10.8. The van der Waals surface area contributed by atoms with Crippen LogP contribution in [0.25, 0.3) is 0 Å². The molecule has 1 atom stereocenters. The quantitative estimate of drug-likeness (QED) is 0.445. The topological polar surface area (TPSA) is 70.1 Å². The van der Waals surface area contributed by atoms with E-state index in [4.69, 9.17) is 28.9 Å². The number of nitriles is 1. The van der Waals surface area contributed by atoms with E-state index in [2.05, 4.69) is 35.8 Å². The number of carbonyl (C=O) groups is 1. The number of benzene rings is 1. The molecule has 8 heteroatoms. The van der Waals surface area contributed by atoms with Gasteiger partial charge in [0.15, 0.2) is 5.78 Å². The van der Waals surface area contributed by atoms with Crippen molar-refractivity contribution < 1.29 is 4.79 Å². The van der Waals surface area contributed by atoms with Gasteiger partial charge in [-0.1, -0.05) is 43.1 Å². The van der Waals surface area contributed by atoms with Crippen LogP contribution in [0.4, 0.5) is 5.69 Å². The summed E-state index contributed by atoms with van der Waals surface area (Å²) >= 11 is 18.0. The van der Waals surface area contributed by atoms with Gasteiger partial charge in [-0.05, 0) is 52.9 Å². The van der Waals surface area contributed by atoms with Gasteiger partial charge in [0.05, 0.1) is 33.3 Å². The van der Waals surface area contributed by atoms with Crippen molar-refractivity contribution in [2.75, 3.05) is 4.90 Å². The molecule has 4 nitrogen and oxygen atoms in total. The van der Waals surface area contributed by atoms with E-state index in [1.807, 2.05) is 13.0 Å². The maximum Gasteiger partial charge on any atom is 0.162 e. The number of hydrogen-bond donors (Lipinski definition) is 1. The third kappa shape index (κ3) is 3.72. The average Bonchev–Trinajstić information content (AvgIpc) is 3.01. The molecule has 0 radical (unpaired) electrons. The first-order chi connectivity index (χ1) is 14.6. The van der Waals surface area contributed by atoms with E-state index in [-0.39, 0.29) is 17.0 Å². The van der Waals surface area contributed by atoms with Crippen LogP contribution in [-0.4, -0.2) is 5.78 Å². The number of ketones is 1. The van der Waals surface area contributed by atoms with E-state index in [0.717, 1.165) is 19.9 Å². The minimum atomic E-state index is -0.493. The van der Waals surface area contributed by atoms with Crippen LogP contribution in [-0.2, 0) is 4.79 Å². The van der Waals surface area contributed by atoms with Crippen LogP contribution in [0, 0.1) is 23.7 Å². The number of halogens is 3. The molecular formula is C23H20BrCl2N3OS. The predicted molar refractivity (Wildman–Crippen MR) is 130 cm³/mol. The van der Waals surface area contributed by atoms with E-state index in [1.165, 1.54) is 0 Å². The van der Waals surface area contributed by atoms with Gasteiger partial charge in [0.25, 0.3) is 0 Å². The van der Waals surface area contributed by atoms with Crippen molar-refractivity contribution in [2.24, 2.45) is 11.1 Å². The first kappa shape index (κ1) is 22.4. The summed E-state index contributed by atoms with van der Waals surface area (Å²) in [4.78, 5) is 17.2. The number of anilines is 1. The van der Waals surface area contributed by atoms with E-state index in [9.17, 15) is 10.1 Å². The molecule has 0 spiro atoms. The summed E-state index contributed by atoms with van der Waals surface area (Å²) in [5.41, 5.74) is 8.70. The number of rotatable bonds is 2. The Hall–Kier alpha value is -1.78. The highest BCUT2D eigenvalue weighted by Crippen LogP contribution is 2.52. The molecule has 4 rings (SSSR count). The average molecular weight is 537 g/mol. The fourth-order valence-electron chi connectivity index (χ4n) is 4.36. The standard InChI is InChI=1S/C23H20BrCl2N3OS/c1-11-13(24)7-18(31-11)19-12(10-27)22(28)29(15-6-4-5-14(25)21(15)26)16-8-23(2,3)9-17(30)20(16)19/h4-7,19H,8-9,28H2,1-3H3. The van der Waals surface area contributed by atoms with Gasteiger partial charge < -0.3 is 5.73 Å². The van der Waals surface area contributed by atoms with Gasteiger partial charge in [-0.25, -0.2) is 0 Å². The van der Waals surface area contributed by atoms with Crippen molar-refractivity contribution >= 4 is 61.9 Å². The van der Waals surface area contributed by atoms with Crippen molar-refractivity contribution in [2.45, 2.75) is 39.5 Å². The molecule has 1 aromatic carbocycles. The normalized spacial score (nSPS) is 20.7. The minimum Gasteiger partial charge on any atom is -0.384 e. The third-order valence-electron chi connectivity index (χ3n) is 5.71. The molecule has 0 saturated carbocycles. The van der Waals surface area contributed by atoms with Crippen molar-refractivity contribution in [1.82, 2.24) is 0 Å². The lowest BCUT2D eigenvalue weighted by Gasteiger charge is -2.43. The number of nitrogens with two attached hydrogens (primary N) is 1. The molecular weight excluding hydrogens is 517 g/mol. The summed E-state index contributed by atoms with van der Waals surface area (Å²) in [6, 6.07) is 9.55. The number of allylic oxidation sites excluding steroid dienone is 3. The second kappa shape index (κ2) is 7.97. The van der Waals surface area contributed by atoms with Crippen molar-refractivity contribution in [3.8, 4) is 6.07 Å². The van der Waals surface area contributed by atoms with Gasteiger partial charge in [-0.2, -0.15) is 5.26 Å². The lowest BCUT2D eigenvalue weighted by Crippen LogP contribution is -2.42. The Balaban J connectivity index is 2.04. The van der Waals surface area contributed by atoms with Gasteiger partial charge in [-0.3, -0.25) is 9.69 Å². The number of thiophene rings is 1. The second-order valence-electron chi connectivity index (χ2n) is 8.61. The molecule has 1 aromatic heterocycles. The van der Waals surface area contributed by atoms with Crippen molar-refractivity contribution in [1.29, 1.82) is 5.26 Å². The third-order valence-corrected chi connectivity index (χ3v) is 8.72. The Kier molecular flexibility index (Phi) is 5.76. The molecule has 2 N–H and O–H groups in total. The van der Waals surface area contributed by atoms with Crippen LogP contribution < -0.4 is 10.6 Å². The Bertz CT molecular complexity index is 1200. The van der Waals surface area contributed by atoms with Gasteiger partial charge in [0.2, 0.25) is 0 Å². The summed E-state index contributed by atoms with van der Waals surface area (Å²) in [6.07, 6.45) is 1.03. The van der Waals surface area contributed by atoms with E-state index >= 15 is 0 Å². The molecule has 2 aromatic rings. The highest BCUT2D eigenvalue weighted by molar-refractivity contribution is 9.10. The molecule has 1 aliphatic heterocycles. The first-order valence-electron chi connectivity index (χ1n) is 9.71. The minimum absolute atomic E-state index is 0.0295. The first-order valence-corrected chi connectivity index (χ1v) is 12.1. The Morgan fingerprint density at radius 1 is 1.32 bits per heavy atom. The van der Waals surface area contributed by atoms with Crippen molar-refractivity contribution in [3.63, 3.8) is 0 Å². The van der Waals surface area contributed by atoms with E-state index < -0.39 is 5.92 Å². The maximum absolute atomic E-state index is 13.5. The summed E-state index contributed by atoms with van der Waals surface area (Å²) in [7, 11) is 0. The fourth-order valence-corrected chi connectivity index (χ4v) is 6.42. The molecule has 2 aliphatic rings. The van der Waals surface area contributed by atoms with Gasteiger partial charge in [-0.15, -0.1) is 11.3 Å². The predicted octanol–water partition coefficient (Wildman–Crippen LogP) is 7.07. The SMILES string of the molecule is Cc1sc(C2C(C#N)=C(N)N(c3cccc(Cl)c3Cl)C3=C2C(=O)CC(C)(C)C3)cc1Br. The number of Topliss-reactive ketones (excluding diaryl/α,β-unsaturated/α-hetero) is 1. The highest BCUT2D eigenvalue weighted by Gasteiger charge is 2.45. The highest BCUT2D eigenvalue weighted by atomic mass is 79.9. The van der Waals surface area contributed by atoms with Gasteiger partial charge in [0, 0.05) is 31.9 Å². The van der Waals surface area contributed by atoms with Crippen LogP contribution in [0.5, 0.6) is 0 Å². The molecule has 0 saturated heterocycles. The van der Waals surface area contributed by atoms with Crippen molar-refractivity contribution in [3.05, 3.63) is 71.2 Å². The Labute approximate surface area is 204 Å². The number of hydrogen-bond acceptors (Lipinski definition) is 5. The summed E-state index contributed by atoms with van der Waals surface area (Å²) < 4.78 is 0.953. The summed E-state index contributed by atoms with van der Waals surface area (Å²) in [6.45, 7) is 6.12. The molecule has 31 heavy (non-hydrogen) atoms. The number of carbonyl (C=O) groups excluding carboxylic acids is 1. The lowest BCUT2D eigenvalue weighted by molar-refractivity contribution is -0.118. The van der Waals surface area contributed by atoms with Crippen LogP contribution >= 0.6 is 50.5 Å². The van der Waals surface area contributed by atoms with E-state index in [0.29, 0.717) is 39.7 Å². The lowest BCUT2D eigenvalue weighted by atomic mass is 9.69. The second-order valence-corrected chi connectivity index (χ2v) is 11.5. The number of nitrogens with zero attached hydrogens (tertiary/aromatic N) is 2. The molecule has 0 bridgehead atoms. The van der Waals surface area contributed by atoms with Crippen LogP contribution in [0.15, 0.2) is 51.4 Å². The zero-order chi connectivity index (χ0) is 22.7. The Morgan fingerprint density at radius 3 is 2.65 bits per heavy atom. The maximum atomic E-state index is 13.5. The summed E-state index contributed by atoms with van der Waals surface area (Å²) in [5.74, 6) is -0.183. The smallest absolute Gasteiger partial charge is 0.162 e. The van der Waals surface area contributed by atoms with Gasteiger partial charge >= 0.3 is 0 Å². The molecule has 1 aliphatic carbocycles. The molecule has 1 unspecified atom stereocenters. The zero-order valence-electron chi connectivity index (χ0n) is 17.2. The van der Waals surface area contributed by atoms with Crippen LogP contribution in [0.3, 0.4) is 0 Å². The molecule has 160 valence electrons. The number of aryl methyl sites for hydroxylation is 1. The molecule has 2 heterocycles. The largest absolute Gasteiger partial charge is 0.384 e. The monoisotopic (exact) mass is 535 g/mol. The zero-order valence-corrected chi connectivity index (χ0v) is 21.1. The fraction of sp³-hybridized carbons (Fsp3) is 0.304. The Morgan fingerprint density at radius 2 is 2.03 bits per heavy atom. The molecule has 0 amide bonds. The van der Waals surface area contributed by atoms with Crippen LogP contribution in [0.2, 0.25) is 10.0 Å². The van der Waals surface area contributed by atoms with Gasteiger partial charge in [0.1, 0.15) is 5.82 Å². The van der Waals surface area contributed by atoms with E-state index in [1.54, 1.807) is 34.4 Å². The molecule has 0 fully saturated rings. The van der Waals surface area contributed by atoms with Crippen LogP contribution in [0.1, 0.15) is 42.4 Å².